The number of rotatable bonds is 6. The Bertz CT molecular complexity index is 863. The fraction of sp³-hybridized carbons (Fsp3) is 0.375. The van der Waals surface area contributed by atoms with Crippen LogP contribution >= 0.6 is 0 Å². The summed E-state index contributed by atoms with van der Waals surface area (Å²) in [4.78, 5) is 17.1. The molecule has 1 amide bonds. The van der Waals surface area contributed by atoms with Crippen molar-refractivity contribution in [3.63, 3.8) is 0 Å². The summed E-state index contributed by atoms with van der Waals surface area (Å²) in [6.07, 6.45) is 4.47. The van der Waals surface area contributed by atoms with Crippen molar-refractivity contribution in [2.24, 2.45) is 0 Å². The van der Waals surface area contributed by atoms with Crippen LogP contribution in [-0.2, 0) is 11.3 Å². The number of methoxy groups -OCH3 is 2. The number of benzene rings is 2. The lowest BCUT2D eigenvalue weighted by molar-refractivity contribution is -0.125. The maximum absolute atomic E-state index is 12.7. The first-order valence-electron chi connectivity index (χ1n) is 10.1. The number of hydrogen-bond acceptors (Lipinski definition) is 4. The number of carbonyl (C=O) groups is 1. The molecule has 0 spiro atoms. The van der Waals surface area contributed by atoms with Gasteiger partial charge in [0, 0.05) is 38.8 Å². The molecule has 0 saturated carbocycles. The van der Waals surface area contributed by atoms with Crippen LogP contribution in [-0.4, -0.2) is 56.1 Å². The molecule has 154 valence electrons. The van der Waals surface area contributed by atoms with Crippen molar-refractivity contribution in [3.05, 3.63) is 65.2 Å². The highest BCUT2D eigenvalue weighted by molar-refractivity contribution is 5.91. The van der Waals surface area contributed by atoms with Gasteiger partial charge in [-0.05, 0) is 48.2 Å². The van der Waals surface area contributed by atoms with Crippen molar-refractivity contribution in [1.29, 1.82) is 0 Å². The molecule has 5 nitrogen and oxygen atoms in total. The largest absolute Gasteiger partial charge is 0.493 e. The second-order valence-electron chi connectivity index (χ2n) is 7.33. The van der Waals surface area contributed by atoms with Gasteiger partial charge in [0.1, 0.15) is 0 Å². The molecule has 0 radical (unpaired) electrons. The van der Waals surface area contributed by atoms with Gasteiger partial charge in [-0.3, -0.25) is 9.69 Å². The van der Waals surface area contributed by atoms with Gasteiger partial charge in [-0.1, -0.05) is 30.3 Å². The molecule has 0 aromatic heterocycles. The second-order valence-corrected chi connectivity index (χ2v) is 7.33. The normalized spacial score (nSPS) is 15.3. The Morgan fingerprint density at radius 3 is 2.55 bits per heavy atom. The summed E-state index contributed by atoms with van der Waals surface area (Å²) in [5.74, 6) is 1.39. The number of carbonyl (C=O) groups excluding carboxylic acids is 1. The molecule has 1 aliphatic rings. The zero-order valence-electron chi connectivity index (χ0n) is 17.6. The average molecular weight is 395 g/mol. The van der Waals surface area contributed by atoms with E-state index in [0.717, 1.165) is 44.7 Å². The molecule has 2 aromatic rings. The maximum atomic E-state index is 12.7. The van der Waals surface area contributed by atoms with Crippen molar-refractivity contribution >= 4 is 12.0 Å². The van der Waals surface area contributed by atoms with Crippen LogP contribution in [0, 0.1) is 6.92 Å². The Balaban J connectivity index is 1.58. The standard InChI is InChI=1S/C24H30N2O3/c1-19-7-4-5-8-21(19)18-25-13-6-14-26(16-15-25)24(27)12-10-20-9-11-22(28-2)23(17-20)29-3/h4-5,7-12,17H,6,13-16,18H2,1-3H3/b12-10+. The minimum absolute atomic E-state index is 0.0533. The molecule has 5 heteroatoms. The molecular formula is C24H30N2O3. The van der Waals surface area contributed by atoms with Crippen molar-refractivity contribution in [2.75, 3.05) is 40.4 Å². The van der Waals surface area contributed by atoms with Crippen LogP contribution in [0.2, 0.25) is 0 Å². The minimum atomic E-state index is 0.0533. The summed E-state index contributed by atoms with van der Waals surface area (Å²) in [7, 11) is 3.22. The lowest BCUT2D eigenvalue weighted by Crippen LogP contribution is -2.34. The van der Waals surface area contributed by atoms with E-state index < -0.39 is 0 Å². The van der Waals surface area contributed by atoms with E-state index in [1.807, 2.05) is 29.2 Å². The van der Waals surface area contributed by atoms with E-state index in [9.17, 15) is 4.79 Å². The van der Waals surface area contributed by atoms with E-state index >= 15 is 0 Å². The van der Waals surface area contributed by atoms with E-state index in [0.29, 0.717) is 11.5 Å². The molecule has 0 bridgehead atoms. The van der Waals surface area contributed by atoms with Gasteiger partial charge in [0.2, 0.25) is 5.91 Å². The maximum Gasteiger partial charge on any atom is 0.246 e. The highest BCUT2D eigenvalue weighted by Crippen LogP contribution is 2.28. The van der Waals surface area contributed by atoms with Crippen molar-refractivity contribution in [3.8, 4) is 11.5 Å². The zero-order valence-corrected chi connectivity index (χ0v) is 17.6. The summed E-state index contributed by atoms with van der Waals surface area (Å²) in [6.45, 7) is 6.54. The smallest absolute Gasteiger partial charge is 0.246 e. The van der Waals surface area contributed by atoms with Crippen LogP contribution in [0.4, 0.5) is 0 Å². The lowest BCUT2D eigenvalue weighted by Gasteiger charge is -2.22. The van der Waals surface area contributed by atoms with Crippen LogP contribution in [0.5, 0.6) is 11.5 Å². The Morgan fingerprint density at radius 1 is 1.00 bits per heavy atom. The van der Waals surface area contributed by atoms with Crippen molar-refractivity contribution in [1.82, 2.24) is 9.80 Å². The van der Waals surface area contributed by atoms with Gasteiger partial charge in [-0.25, -0.2) is 0 Å². The number of amides is 1. The van der Waals surface area contributed by atoms with E-state index in [-0.39, 0.29) is 5.91 Å². The predicted molar refractivity (Wildman–Crippen MR) is 116 cm³/mol. The van der Waals surface area contributed by atoms with E-state index in [2.05, 4.69) is 36.1 Å². The minimum Gasteiger partial charge on any atom is -0.493 e. The molecule has 0 atom stereocenters. The number of nitrogens with zero attached hydrogens (tertiary/aromatic N) is 2. The van der Waals surface area contributed by atoms with Crippen molar-refractivity contribution in [2.45, 2.75) is 19.9 Å². The summed E-state index contributed by atoms with van der Waals surface area (Å²) in [5, 5.41) is 0. The first kappa shape index (κ1) is 20.9. The molecule has 0 aliphatic carbocycles. The molecular weight excluding hydrogens is 364 g/mol. The molecule has 1 fully saturated rings. The third-order valence-corrected chi connectivity index (χ3v) is 5.38. The monoisotopic (exact) mass is 394 g/mol. The fourth-order valence-electron chi connectivity index (χ4n) is 3.61. The summed E-state index contributed by atoms with van der Waals surface area (Å²) in [6, 6.07) is 14.1. The Labute approximate surface area is 173 Å². The van der Waals surface area contributed by atoms with E-state index in [4.69, 9.17) is 9.47 Å². The second kappa shape index (κ2) is 10.1. The van der Waals surface area contributed by atoms with Crippen LogP contribution in [0.3, 0.4) is 0 Å². The Morgan fingerprint density at radius 2 is 1.79 bits per heavy atom. The molecule has 29 heavy (non-hydrogen) atoms. The van der Waals surface area contributed by atoms with E-state index in [1.54, 1.807) is 20.3 Å². The molecule has 2 aromatic carbocycles. The zero-order chi connectivity index (χ0) is 20.6. The molecule has 0 N–H and O–H groups in total. The number of aryl methyl sites for hydroxylation is 1. The Kier molecular flexibility index (Phi) is 7.30. The highest BCUT2D eigenvalue weighted by atomic mass is 16.5. The molecule has 1 heterocycles. The molecule has 0 unspecified atom stereocenters. The van der Waals surface area contributed by atoms with Crippen molar-refractivity contribution < 1.29 is 14.3 Å². The van der Waals surface area contributed by atoms with Gasteiger partial charge in [0.05, 0.1) is 14.2 Å². The van der Waals surface area contributed by atoms with Crippen LogP contribution in [0.1, 0.15) is 23.1 Å². The average Bonchev–Trinajstić information content (AvgIpc) is 2.99. The van der Waals surface area contributed by atoms with Crippen LogP contribution in [0.25, 0.3) is 6.08 Å². The Hall–Kier alpha value is -2.79. The number of hydrogen-bond donors (Lipinski definition) is 0. The molecule has 1 saturated heterocycles. The van der Waals surface area contributed by atoms with Crippen LogP contribution < -0.4 is 9.47 Å². The quantitative estimate of drug-likeness (QED) is 0.700. The molecule has 3 rings (SSSR count). The molecule has 1 aliphatic heterocycles. The topological polar surface area (TPSA) is 42.0 Å². The third kappa shape index (κ3) is 5.61. The SMILES string of the molecule is COc1ccc(/C=C/C(=O)N2CCCN(Cc3ccccc3C)CC2)cc1OC. The first-order valence-corrected chi connectivity index (χ1v) is 10.1. The summed E-state index contributed by atoms with van der Waals surface area (Å²) in [5.41, 5.74) is 3.59. The summed E-state index contributed by atoms with van der Waals surface area (Å²) >= 11 is 0. The summed E-state index contributed by atoms with van der Waals surface area (Å²) < 4.78 is 10.6. The van der Waals surface area contributed by atoms with Gasteiger partial charge in [0.25, 0.3) is 0 Å². The van der Waals surface area contributed by atoms with Gasteiger partial charge in [0.15, 0.2) is 11.5 Å². The van der Waals surface area contributed by atoms with E-state index in [1.165, 1.54) is 11.1 Å². The highest BCUT2D eigenvalue weighted by Gasteiger charge is 2.18. The van der Waals surface area contributed by atoms with Gasteiger partial charge >= 0.3 is 0 Å². The number of ether oxygens (including phenoxy) is 2. The van der Waals surface area contributed by atoms with Gasteiger partial charge in [-0.15, -0.1) is 0 Å². The predicted octanol–water partition coefficient (Wildman–Crippen LogP) is 3.76. The third-order valence-electron chi connectivity index (χ3n) is 5.38. The van der Waals surface area contributed by atoms with Gasteiger partial charge < -0.3 is 14.4 Å². The van der Waals surface area contributed by atoms with Gasteiger partial charge in [-0.2, -0.15) is 0 Å². The van der Waals surface area contributed by atoms with Crippen LogP contribution in [0.15, 0.2) is 48.5 Å². The fourth-order valence-corrected chi connectivity index (χ4v) is 3.61. The lowest BCUT2D eigenvalue weighted by atomic mass is 10.1. The first-order chi connectivity index (χ1) is 14.1.